The highest BCUT2D eigenvalue weighted by Crippen LogP contribution is 2.34. The van der Waals surface area contributed by atoms with E-state index in [-0.39, 0.29) is 0 Å². The summed E-state index contributed by atoms with van der Waals surface area (Å²) in [7, 11) is 0. The van der Waals surface area contributed by atoms with Gasteiger partial charge in [0.1, 0.15) is 0 Å². The van der Waals surface area contributed by atoms with Crippen molar-refractivity contribution in [1.82, 2.24) is 4.57 Å². The molecule has 1 aromatic heterocycles. The van der Waals surface area contributed by atoms with Crippen molar-refractivity contribution in [2.24, 2.45) is 0 Å². The molecule has 0 N–H and O–H groups in total. The van der Waals surface area contributed by atoms with Gasteiger partial charge in [-0.05, 0) is 50.6 Å². The molecule has 3 rings (SSSR count). The summed E-state index contributed by atoms with van der Waals surface area (Å²) in [5.41, 5.74) is 5.08. The molecule has 3 aromatic rings. The van der Waals surface area contributed by atoms with Crippen LogP contribution in [0.2, 0.25) is 5.02 Å². The lowest BCUT2D eigenvalue weighted by molar-refractivity contribution is 0.628. The van der Waals surface area contributed by atoms with Crippen molar-refractivity contribution in [2.45, 2.75) is 26.8 Å². The van der Waals surface area contributed by atoms with Crippen LogP contribution >= 0.6 is 11.6 Å². The number of fused-ring (bicyclic) bond motifs is 1. The molecule has 0 bridgehead atoms. The summed E-state index contributed by atoms with van der Waals surface area (Å²) in [4.78, 5) is 0. The van der Waals surface area contributed by atoms with Crippen molar-refractivity contribution >= 4 is 22.5 Å². The normalized spacial score (nSPS) is 11.4. The van der Waals surface area contributed by atoms with Crippen LogP contribution < -0.4 is 0 Å². The fourth-order valence-electron chi connectivity index (χ4n) is 2.83. The third kappa shape index (κ3) is 2.12. The summed E-state index contributed by atoms with van der Waals surface area (Å²) < 4.78 is 2.38. The van der Waals surface area contributed by atoms with Crippen LogP contribution in [0.15, 0.2) is 48.5 Å². The zero-order valence-electron chi connectivity index (χ0n) is 12.0. The van der Waals surface area contributed by atoms with E-state index < -0.39 is 0 Å². The van der Waals surface area contributed by atoms with E-state index in [0.717, 1.165) is 5.02 Å². The molecule has 0 spiro atoms. The van der Waals surface area contributed by atoms with Gasteiger partial charge in [-0.2, -0.15) is 0 Å². The molecule has 0 radical (unpaired) electrons. The maximum atomic E-state index is 6.13. The Morgan fingerprint density at radius 3 is 2.45 bits per heavy atom. The van der Waals surface area contributed by atoms with Gasteiger partial charge in [-0.25, -0.2) is 0 Å². The number of nitrogens with zero attached hydrogens (tertiary/aromatic N) is 1. The minimum Gasteiger partial charge on any atom is -0.338 e. The Morgan fingerprint density at radius 1 is 1.00 bits per heavy atom. The van der Waals surface area contributed by atoms with E-state index in [0.29, 0.717) is 6.04 Å². The lowest BCUT2D eigenvalue weighted by atomic mass is 10.1. The van der Waals surface area contributed by atoms with Gasteiger partial charge in [0.15, 0.2) is 0 Å². The lowest BCUT2D eigenvalue weighted by Gasteiger charge is -2.16. The zero-order valence-corrected chi connectivity index (χ0v) is 12.8. The first-order valence-corrected chi connectivity index (χ1v) is 7.32. The quantitative estimate of drug-likeness (QED) is 0.556. The predicted molar refractivity (Wildman–Crippen MR) is 87.5 cm³/mol. The van der Waals surface area contributed by atoms with Crippen molar-refractivity contribution in [3.63, 3.8) is 0 Å². The van der Waals surface area contributed by atoms with Gasteiger partial charge in [-0.3, -0.25) is 0 Å². The monoisotopic (exact) mass is 283 g/mol. The molecule has 0 amide bonds. The van der Waals surface area contributed by atoms with Crippen molar-refractivity contribution in [1.29, 1.82) is 0 Å². The van der Waals surface area contributed by atoms with Gasteiger partial charge in [-0.15, -0.1) is 0 Å². The molecule has 2 aromatic carbocycles. The largest absolute Gasteiger partial charge is 0.338 e. The van der Waals surface area contributed by atoms with Gasteiger partial charge in [-0.1, -0.05) is 35.9 Å². The Hall–Kier alpha value is -1.73. The highest BCUT2D eigenvalue weighted by Gasteiger charge is 2.14. The van der Waals surface area contributed by atoms with Crippen LogP contribution in [-0.2, 0) is 0 Å². The number of halogens is 1. The SMILES string of the molecule is Cc1ccccc1-c1cc2cc(Cl)ccc2n1C(C)C. The highest BCUT2D eigenvalue weighted by atomic mass is 35.5. The molecule has 0 unspecified atom stereocenters. The number of benzene rings is 2. The second kappa shape index (κ2) is 4.99. The number of aromatic nitrogens is 1. The minimum atomic E-state index is 0.406. The lowest BCUT2D eigenvalue weighted by Crippen LogP contribution is -2.03. The van der Waals surface area contributed by atoms with Crippen LogP contribution in [0.25, 0.3) is 22.2 Å². The Balaban J connectivity index is 2.35. The maximum absolute atomic E-state index is 6.13. The highest BCUT2D eigenvalue weighted by molar-refractivity contribution is 6.31. The predicted octanol–water partition coefficient (Wildman–Crippen LogP) is 5.85. The number of rotatable bonds is 2. The summed E-state index contributed by atoms with van der Waals surface area (Å²) in [6.07, 6.45) is 0. The van der Waals surface area contributed by atoms with Crippen LogP contribution in [0.1, 0.15) is 25.5 Å². The minimum absolute atomic E-state index is 0.406. The Bertz CT molecular complexity index is 768. The topological polar surface area (TPSA) is 4.93 Å². The molecule has 102 valence electrons. The van der Waals surface area contributed by atoms with Crippen LogP contribution in [0.4, 0.5) is 0 Å². The second-order valence-corrected chi connectivity index (χ2v) is 5.95. The Kier molecular flexibility index (Phi) is 3.31. The molecular formula is C18H18ClN. The van der Waals surface area contributed by atoms with E-state index >= 15 is 0 Å². The molecule has 0 aliphatic heterocycles. The molecule has 0 aliphatic rings. The summed E-state index contributed by atoms with van der Waals surface area (Å²) >= 11 is 6.13. The standard InChI is InChI=1S/C18H18ClN/c1-12(2)20-17-9-8-15(19)10-14(17)11-18(20)16-7-5-4-6-13(16)3/h4-12H,1-3H3. The van der Waals surface area contributed by atoms with Gasteiger partial charge < -0.3 is 4.57 Å². The molecule has 0 atom stereocenters. The fourth-order valence-corrected chi connectivity index (χ4v) is 3.01. The van der Waals surface area contributed by atoms with E-state index in [9.17, 15) is 0 Å². The summed E-state index contributed by atoms with van der Waals surface area (Å²) in [6.45, 7) is 6.59. The molecule has 0 saturated heterocycles. The smallest absolute Gasteiger partial charge is 0.0496 e. The molecule has 1 heterocycles. The zero-order chi connectivity index (χ0) is 14.3. The summed E-state index contributed by atoms with van der Waals surface area (Å²) in [6, 6.07) is 17.3. The third-order valence-electron chi connectivity index (χ3n) is 3.74. The Morgan fingerprint density at radius 2 is 1.75 bits per heavy atom. The van der Waals surface area contributed by atoms with Gasteiger partial charge in [0.2, 0.25) is 0 Å². The van der Waals surface area contributed by atoms with Crippen molar-refractivity contribution in [3.05, 3.63) is 59.1 Å². The van der Waals surface area contributed by atoms with Gasteiger partial charge in [0.25, 0.3) is 0 Å². The van der Waals surface area contributed by atoms with Crippen LogP contribution in [0, 0.1) is 6.92 Å². The van der Waals surface area contributed by atoms with Crippen molar-refractivity contribution in [2.75, 3.05) is 0 Å². The van der Waals surface area contributed by atoms with Gasteiger partial charge in [0.05, 0.1) is 0 Å². The fraction of sp³-hybridized carbons (Fsp3) is 0.222. The van der Waals surface area contributed by atoms with Gasteiger partial charge >= 0.3 is 0 Å². The average molecular weight is 284 g/mol. The number of hydrogen-bond donors (Lipinski definition) is 0. The van der Waals surface area contributed by atoms with Crippen molar-refractivity contribution in [3.8, 4) is 11.3 Å². The first kappa shape index (κ1) is 13.3. The third-order valence-corrected chi connectivity index (χ3v) is 3.97. The maximum Gasteiger partial charge on any atom is 0.0496 e. The first-order chi connectivity index (χ1) is 9.58. The molecule has 0 aliphatic carbocycles. The molecular weight excluding hydrogens is 266 g/mol. The van der Waals surface area contributed by atoms with Crippen molar-refractivity contribution < 1.29 is 0 Å². The van der Waals surface area contributed by atoms with E-state index in [1.807, 2.05) is 12.1 Å². The van der Waals surface area contributed by atoms with Crippen LogP contribution in [0.5, 0.6) is 0 Å². The Labute approximate surface area is 124 Å². The molecule has 1 nitrogen and oxygen atoms in total. The van der Waals surface area contributed by atoms with Gasteiger partial charge in [0, 0.05) is 33.2 Å². The van der Waals surface area contributed by atoms with E-state index in [1.54, 1.807) is 0 Å². The summed E-state index contributed by atoms with van der Waals surface area (Å²) in [5.74, 6) is 0. The van der Waals surface area contributed by atoms with E-state index in [2.05, 4.69) is 61.7 Å². The van der Waals surface area contributed by atoms with E-state index in [1.165, 1.54) is 27.7 Å². The first-order valence-electron chi connectivity index (χ1n) is 6.94. The van der Waals surface area contributed by atoms with Crippen LogP contribution in [-0.4, -0.2) is 4.57 Å². The average Bonchev–Trinajstić information content (AvgIpc) is 2.77. The molecule has 20 heavy (non-hydrogen) atoms. The summed E-state index contributed by atoms with van der Waals surface area (Å²) in [5, 5.41) is 1.99. The van der Waals surface area contributed by atoms with E-state index in [4.69, 9.17) is 11.6 Å². The molecule has 2 heteroatoms. The molecule has 0 saturated carbocycles. The number of aryl methyl sites for hydroxylation is 1. The molecule has 0 fully saturated rings. The number of hydrogen-bond acceptors (Lipinski definition) is 0. The van der Waals surface area contributed by atoms with Crippen LogP contribution in [0.3, 0.4) is 0 Å². The second-order valence-electron chi connectivity index (χ2n) is 5.51.